The number of carbonyl (C=O) groups excluding carboxylic acids is 2. The number of carboxylic acids is 1. The lowest BCUT2D eigenvalue weighted by Gasteiger charge is -2.10. The highest BCUT2D eigenvalue weighted by atomic mass is 16.5. The summed E-state index contributed by atoms with van der Waals surface area (Å²) in [5.41, 5.74) is 0. The highest BCUT2D eigenvalue weighted by Crippen LogP contribution is 2.13. The largest absolute Gasteiger partial charge is 0.481 e. The maximum atomic E-state index is 11.4. The van der Waals surface area contributed by atoms with Gasteiger partial charge in [0.1, 0.15) is 6.61 Å². The molecule has 1 unspecified atom stereocenters. The molecule has 6 heteroatoms. The third-order valence-corrected chi connectivity index (χ3v) is 2.36. The molecule has 0 fully saturated rings. The van der Waals surface area contributed by atoms with Crippen molar-refractivity contribution in [3.8, 4) is 0 Å². The number of hydrogen-bond donors (Lipinski definition) is 1. The van der Waals surface area contributed by atoms with Crippen LogP contribution in [0.4, 0.5) is 0 Å². The first-order valence-electron chi connectivity index (χ1n) is 6.18. The minimum Gasteiger partial charge on any atom is -0.481 e. The molecule has 0 amide bonds. The highest BCUT2D eigenvalue weighted by Gasteiger charge is 2.27. The standard InChI is InChI=1S/C13H20O6/c1-3-9-19-13(17)10(12(15)16)7-5-6-8-11(14)18-4-2/h3,10H,1,4-9H2,2H3,(H,15,16). The first-order valence-corrected chi connectivity index (χ1v) is 6.18. The van der Waals surface area contributed by atoms with E-state index in [2.05, 4.69) is 6.58 Å². The predicted molar refractivity (Wildman–Crippen MR) is 67.4 cm³/mol. The van der Waals surface area contributed by atoms with Gasteiger partial charge in [0.15, 0.2) is 5.92 Å². The van der Waals surface area contributed by atoms with E-state index in [0.29, 0.717) is 19.4 Å². The summed E-state index contributed by atoms with van der Waals surface area (Å²) in [6.07, 6.45) is 2.67. The van der Waals surface area contributed by atoms with Crippen LogP contribution in [0, 0.1) is 5.92 Å². The zero-order valence-electron chi connectivity index (χ0n) is 11.1. The van der Waals surface area contributed by atoms with Gasteiger partial charge in [-0.2, -0.15) is 0 Å². The number of hydrogen-bond acceptors (Lipinski definition) is 5. The van der Waals surface area contributed by atoms with Crippen molar-refractivity contribution in [2.45, 2.75) is 32.6 Å². The van der Waals surface area contributed by atoms with Gasteiger partial charge in [-0.1, -0.05) is 19.1 Å². The highest BCUT2D eigenvalue weighted by molar-refractivity contribution is 5.93. The van der Waals surface area contributed by atoms with Gasteiger partial charge in [-0.3, -0.25) is 14.4 Å². The average molecular weight is 272 g/mol. The lowest BCUT2D eigenvalue weighted by molar-refractivity contribution is -0.158. The van der Waals surface area contributed by atoms with Crippen molar-refractivity contribution < 1.29 is 29.0 Å². The monoisotopic (exact) mass is 272 g/mol. The lowest BCUT2D eigenvalue weighted by atomic mass is 10.0. The topological polar surface area (TPSA) is 89.9 Å². The van der Waals surface area contributed by atoms with Gasteiger partial charge in [-0.25, -0.2) is 0 Å². The predicted octanol–water partition coefficient (Wildman–Crippen LogP) is 1.54. The molecule has 0 aromatic heterocycles. The number of carbonyl (C=O) groups is 3. The maximum absolute atomic E-state index is 11.4. The lowest BCUT2D eigenvalue weighted by Crippen LogP contribution is -2.26. The van der Waals surface area contributed by atoms with E-state index in [0.717, 1.165) is 0 Å². The van der Waals surface area contributed by atoms with Crippen LogP contribution in [-0.4, -0.2) is 36.2 Å². The second-order valence-electron chi connectivity index (χ2n) is 3.86. The summed E-state index contributed by atoms with van der Waals surface area (Å²) in [4.78, 5) is 33.4. The smallest absolute Gasteiger partial charge is 0.320 e. The van der Waals surface area contributed by atoms with Crippen LogP contribution in [0.3, 0.4) is 0 Å². The summed E-state index contributed by atoms with van der Waals surface area (Å²) in [5.74, 6) is -3.50. The summed E-state index contributed by atoms with van der Waals surface area (Å²) in [6.45, 7) is 5.40. The van der Waals surface area contributed by atoms with Crippen molar-refractivity contribution in [2.75, 3.05) is 13.2 Å². The summed E-state index contributed by atoms with van der Waals surface area (Å²) in [7, 11) is 0. The summed E-state index contributed by atoms with van der Waals surface area (Å²) >= 11 is 0. The fourth-order valence-corrected chi connectivity index (χ4v) is 1.43. The van der Waals surface area contributed by atoms with Crippen LogP contribution in [0.2, 0.25) is 0 Å². The number of aliphatic carboxylic acids is 1. The van der Waals surface area contributed by atoms with Gasteiger partial charge in [0, 0.05) is 6.42 Å². The SMILES string of the molecule is C=CCOC(=O)C(CCCCC(=O)OCC)C(=O)O. The van der Waals surface area contributed by atoms with E-state index in [1.54, 1.807) is 6.92 Å². The molecule has 0 aliphatic carbocycles. The van der Waals surface area contributed by atoms with E-state index < -0.39 is 17.9 Å². The van der Waals surface area contributed by atoms with Gasteiger partial charge in [0.2, 0.25) is 0 Å². The Kier molecular flexibility index (Phi) is 9.12. The molecule has 0 radical (unpaired) electrons. The van der Waals surface area contributed by atoms with Crippen molar-refractivity contribution in [3.05, 3.63) is 12.7 Å². The van der Waals surface area contributed by atoms with E-state index in [-0.39, 0.29) is 25.4 Å². The Morgan fingerprint density at radius 2 is 1.95 bits per heavy atom. The Labute approximate surface area is 112 Å². The molecule has 0 saturated heterocycles. The molecule has 0 saturated carbocycles. The van der Waals surface area contributed by atoms with Crippen LogP contribution in [0.5, 0.6) is 0 Å². The quantitative estimate of drug-likeness (QED) is 0.281. The van der Waals surface area contributed by atoms with Crippen LogP contribution in [0.15, 0.2) is 12.7 Å². The van der Waals surface area contributed by atoms with E-state index in [4.69, 9.17) is 14.6 Å². The maximum Gasteiger partial charge on any atom is 0.320 e. The Morgan fingerprint density at radius 1 is 1.26 bits per heavy atom. The van der Waals surface area contributed by atoms with Crippen LogP contribution >= 0.6 is 0 Å². The summed E-state index contributed by atoms with van der Waals surface area (Å²) in [6, 6.07) is 0. The van der Waals surface area contributed by atoms with E-state index in [1.165, 1.54) is 6.08 Å². The van der Waals surface area contributed by atoms with Gasteiger partial charge >= 0.3 is 17.9 Å². The minimum absolute atomic E-state index is 0.00849. The molecule has 0 aromatic carbocycles. The third-order valence-electron chi connectivity index (χ3n) is 2.36. The van der Waals surface area contributed by atoms with Gasteiger partial charge in [-0.05, 0) is 19.8 Å². The fourth-order valence-electron chi connectivity index (χ4n) is 1.43. The van der Waals surface area contributed by atoms with Crippen molar-refractivity contribution >= 4 is 17.9 Å². The molecule has 0 bridgehead atoms. The zero-order chi connectivity index (χ0) is 14.7. The number of rotatable bonds is 10. The normalized spacial score (nSPS) is 11.4. The molecule has 6 nitrogen and oxygen atoms in total. The zero-order valence-corrected chi connectivity index (χ0v) is 11.1. The summed E-state index contributed by atoms with van der Waals surface area (Å²) < 4.78 is 9.44. The van der Waals surface area contributed by atoms with Gasteiger partial charge in [-0.15, -0.1) is 0 Å². The molecular formula is C13H20O6. The molecule has 0 rings (SSSR count). The number of unbranched alkanes of at least 4 members (excludes halogenated alkanes) is 1. The van der Waals surface area contributed by atoms with Crippen molar-refractivity contribution in [2.24, 2.45) is 5.92 Å². The Balaban J connectivity index is 4.02. The second-order valence-corrected chi connectivity index (χ2v) is 3.86. The first kappa shape index (κ1) is 17.2. The molecule has 108 valence electrons. The Hall–Kier alpha value is -1.85. The van der Waals surface area contributed by atoms with E-state index in [9.17, 15) is 14.4 Å². The van der Waals surface area contributed by atoms with Crippen molar-refractivity contribution in [3.63, 3.8) is 0 Å². The van der Waals surface area contributed by atoms with Crippen LogP contribution in [0.25, 0.3) is 0 Å². The molecule has 0 aliphatic rings. The number of ether oxygens (including phenoxy) is 2. The molecular weight excluding hydrogens is 252 g/mol. The van der Waals surface area contributed by atoms with Crippen LogP contribution in [-0.2, 0) is 23.9 Å². The van der Waals surface area contributed by atoms with Crippen molar-refractivity contribution in [1.29, 1.82) is 0 Å². The van der Waals surface area contributed by atoms with Crippen LogP contribution < -0.4 is 0 Å². The Bertz CT molecular complexity index is 323. The molecule has 1 N–H and O–H groups in total. The fraction of sp³-hybridized carbons (Fsp3) is 0.615. The van der Waals surface area contributed by atoms with Gasteiger partial charge in [0.25, 0.3) is 0 Å². The second kappa shape index (κ2) is 10.1. The first-order chi connectivity index (χ1) is 9.02. The molecule has 1 atom stereocenters. The van der Waals surface area contributed by atoms with Gasteiger partial charge < -0.3 is 14.6 Å². The number of carboxylic acid groups (broad SMARTS) is 1. The molecule has 0 spiro atoms. The average Bonchev–Trinajstić information content (AvgIpc) is 2.35. The molecule has 0 aliphatic heterocycles. The number of esters is 2. The van der Waals surface area contributed by atoms with E-state index >= 15 is 0 Å². The van der Waals surface area contributed by atoms with Crippen molar-refractivity contribution in [1.82, 2.24) is 0 Å². The molecule has 0 aromatic rings. The third kappa shape index (κ3) is 7.96. The van der Waals surface area contributed by atoms with Crippen LogP contribution in [0.1, 0.15) is 32.6 Å². The molecule has 19 heavy (non-hydrogen) atoms. The van der Waals surface area contributed by atoms with E-state index in [1.807, 2.05) is 0 Å². The minimum atomic E-state index is -1.22. The molecule has 0 heterocycles. The summed E-state index contributed by atoms with van der Waals surface area (Å²) in [5, 5.41) is 8.92. The Morgan fingerprint density at radius 3 is 2.47 bits per heavy atom. The van der Waals surface area contributed by atoms with Gasteiger partial charge in [0.05, 0.1) is 6.61 Å².